The zero-order valence-corrected chi connectivity index (χ0v) is 17.7. The molecule has 0 saturated carbocycles. The molecule has 0 unspecified atom stereocenters. The largest absolute Gasteiger partial charge is 0.411 e. The van der Waals surface area contributed by atoms with Crippen molar-refractivity contribution in [2.45, 2.75) is 19.1 Å². The average Bonchev–Trinajstić information content (AvgIpc) is 3.30. The summed E-state index contributed by atoms with van der Waals surface area (Å²) < 4.78 is 6.63. The topological polar surface area (TPSA) is 59.2 Å². The third-order valence-electron chi connectivity index (χ3n) is 3.82. The Morgan fingerprint density at radius 2 is 1.88 bits per heavy atom. The first-order valence-corrected chi connectivity index (χ1v) is 10.8. The molecular formula is C18H18BrN3O2S2. The number of hydrogen-bond acceptors (Lipinski definition) is 7. The standard InChI is InChI=1S/C18H18BrN3O2S2/c1-3-22(4-2)13-7-5-12(6-8-13)17-20-21-18(24-17)25-11-14(23)15-9-10-16(19)26-15/h5-10H,3-4,11H2,1-2H3. The van der Waals surface area contributed by atoms with E-state index in [0.717, 1.165) is 27.3 Å². The molecule has 0 aliphatic carbocycles. The van der Waals surface area contributed by atoms with Gasteiger partial charge in [-0.2, -0.15) is 0 Å². The van der Waals surface area contributed by atoms with Gasteiger partial charge in [0.2, 0.25) is 5.89 Å². The fourth-order valence-corrected chi connectivity index (χ4v) is 4.51. The van der Waals surface area contributed by atoms with Crippen LogP contribution in [0.15, 0.2) is 49.8 Å². The van der Waals surface area contributed by atoms with Crippen molar-refractivity contribution in [2.24, 2.45) is 0 Å². The minimum atomic E-state index is 0.0500. The Labute approximate surface area is 168 Å². The summed E-state index contributed by atoms with van der Waals surface area (Å²) in [5.74, 6) is 0.786. The number of anilines is 1. The van der Waals surface area contributed by atoms with Gasteiger partial charge in [0, 0.05) is 24.3 Å². The minimum Gasteiger partial charge on any atom is -0.411 e. The molecular weight excluding hydrogens is 434 g/mol. The number of rotatable bonds is 8. The molecule has 0 aliphatic heterocycles. The van der Waals surface area contributed by atoms with Crippen molar-refractivity contribution in [1.82, 2.24) is 10.2 Å². The van der Waals surface area contributed by atoms with Crippen LogP contribution < -0.4 is 4.90 Å². The van der Waals surface area contributed by atoms with E-state index in [9.17, 15) is 4.79 Å². The second-order valence-electron chi connectivity index (χ2n) is 5.41. The van der Waals surface area contributed by atoms with Crippen LogP contribution in [0.25, 0.3) is 11.5 Å². The number of aromatic nitrogens is 2. The summed E-state index contributed by atoms with van der Waals surface area (Å²) >= 11 is 6.04. The van der Waals surface area contributed by atoms with Crippen molar-refractivity contribution < 1.29 is 9.21 Å². The molecule has 8 heteroatoms. The molecule has 0 aliphatic rings. The number of nitrogens with zero attached hydrogens (tertiary/aromatic N) is 3. The lowest BCUT2D eigenvalue weighted by atomic mass is 10.2. The highest BCUT2D eigenvalue weighted by Gasteiger charge is 2.14. The van der Waals surface area contributed by atoms with Crippen molar-refractivity contribution in [3.05, 3.63) is 45.1 Å². The van der Waals surface area contributed by atoms with Crippen LogP contribution in [-0.4, -0.2) is 34.8 Å². The molecule has 1 aromatic carbocycles. The Morgan fingerprint density at radius 3 is 2.50 bits per heavy atom. The van der Waals surface area contributed by atoms with Crippen LogP contribution in [0.4, 0.5) is 5.69 Å². The van der Waals surface area contributed by atoms with Crippen LogP contribution in [0, 0.1) is 0 Å². The van der Waals surface area contributed by atoms with Gasteiger partial charge in [-0.15, -0.1) is 21.5 Å². The first kappa shape index (κ1) is 19.1. The summed E-state index contributed by atoms with van der Waals surface area (Å²) in [5, 5.41) is 8.52. The van der Waals surface area contributed by atoms with E-state index in [-0.39, 0.29) is 11.5 Å². The fourth-order valence-electron chi connectivity index (χ4n) is 2.45. The number of ketones is 1. The van der Waals surface area contributed by atoms with Crippen molar-refractivity contribution >= 4 is 50.5 Å². The Bertz CT molecular complexity index is 873. The molecule has 2 heterocycles. The van der Waals surface area contributed by atoms with Crippen LogP contribution >= 0.6 is 39.0 Å². The van der Waals surface area contributed by atoms with E-state index in [0.29, 0.717) is 11.1 Å². The first-order chi connectivity index (χ1) is 12.6. The highest BCUT2D eigenvalue weighted by Crippen LogP contribution is 2.27. The van der Waals surface area contributed by atoms with Gasteiger partial charge in [0.05, 0.1) is 14.4 Å². The van der Waals surface area contributed by atoms with Gasteiger partial charge >= 0.3 is 0 Å². The third kappa shape index (κ3) is 4.55. The van der Waals surface area contributed by atoms with E-state index < -0.39 is 0 Å². The zero-order chi connectivity index (χ0) is 18.5. The molecule has 0 spiro atoms. The van der Waals surface area contributed by atoms with Gasteiger partial charge < -0.3 is 9.32 Å². The predicted molar refractivity (Wildman–Crippen MR) is 110 cm³/mol. The number of Topliss-reactive ketones (excluding diaryl/α,β-unsaturated/α-hetero) is 1. The fraction of sp³-hybridized carbons (Fsp3) is 0.278. The highest BCUT2D eigenvalue weighted by atomic mass is 79.9. The molecule has 26 heavy (non-hydrogen) atoms. The van der Waals surface area contributed by atoms with E-state index in [4.69, 9.17) is 4.42 Å². The van der Waals surface area contributed by atoms with Gasteiger partial charge in [-0.3, -0.25) is 4.79 Å². The second kappa shape index (κ2) is 8.83. The van der Waals surface area contributed by atoms with Gasteiger partial charge in [-0.05, 0) is 66.2 Å². The van der Waals surface area contributed by atoms with Crippen molar-refractivity contribution in [2.75, 3.05) is 23.7 Å². The molecule has 0 N–H and O–H groups in total. The number of thiophene rings is 1. The van der Waals surface area contributed by atoms with Crippen LogP contribution in [0.5, 0.6) is 0 Å². The number of carbonyl (C=O) groups excluding carboxylic acids is 1. The zero-order valence-electron chi connectivity index (χ0n) is 14.4. The predicted octanol–water partition coefficient (Wildman–Crippen LogP) is 5.38. The van der Waals surface area contributed by atoms with Crippen LogP contribution in [0.3, 0.4) is 0 Å². The number of hydrogen-bond donors (Lipinski definition) is 0. The normalized spacial score (nSPS) is 10.9. The Kier molecular flexibility index (Phi) is 6.50. The summed E-state index contributed by atoms with van der Waals surface area (Å²) in [6.45, 7) is 6.20. The summed E-state index contributed by atoms with van der Waals surface area (Å²) in [4.78, 5) is 15.1. The molecule has 0 amide bonds. The number of benzene rings is 1. The minimum absolute atomic E-state index is 0.0500. The summed E-state index contributed by atoms with van der Waals surface area (Å²) in [7, 11) is 0. The second-order valence-corrected chi connectivity index (χ2v) is 8.80. The Hall–Kier alpha value is -1.64. The molecule has 0 saturated heterocycles. The smallest absolute Gasteiger partial charge is 0.277 e. The highest BCUT2D eigenvalue weighted by molar-refractivity contribution is 9.11. The maximum atomic E-state index is 12.1. The number of halogens is 1. The molecule has 3 aromatic rings. The Morgan fingerprint density at radius 1 is 1.15 bits per heavy atom. The van der Waals surface area contributed by atoms with E-state index in [1.807, 2.05) is 24.3 Å². The molecule has 3 rings (SSSR count). The van der Waals surface area contributed by atoms with Gasteiger partial charge in [-0.25, -0.2) is 0 Å². The maximum Gasteiger partial charge on any atom is 0.277 e. The van der Waals surface area contributed by atoms with E-state index in [1.54, 1.807) is 0 Å². The van der Waals surface area contributed by atoms with E-state index in [1.165, 1.54) is 28.8 Å². The average molecular weight is 452 g/mol. The Balaban J connectivity index is 1.63. The van der Waals surface area contributed by atoms with Gasteiger partial charge in [0.25, 0.3) is 5.22 Å². The lowest BCUT2D eigenvalue weighted by Gasteiger charge is -2.20. The lowest BCUT2D eigenvalue weighted by Crippen LogP contribution is -2.21. The summed E-state index contributed by atoms with van der Waals surface area (Å²) in [5.41, 5.74) is 2.04. The van der Waals surface area contributed by atoms with Crippen LogP contribution in [-0.2, 0) is 0 Å². The molecule has 5 nitrogen and oxygen atoms in total. The van der Waals surface area contributed by atoms with E-state index >= 15 is 0 Å². The monoisotopic (exact) mass is 451 g/mol. The molecule has 2 aromatic heterocycles. The molecule has 0 radical (unpaired) electrons. The number of thioether (sulfide) groups is 1. The first-order valence-electron chi connectivity index (χ1n) is 8.21. The van der Waals surface area contributed by atoms with Crippen molar-refractivity contribution in [3.63, 3.8) is 0 Å². The third-order valence-corrected chi connectivity index (χ3v) is 6.31. The summed E-state index contributed by atoms with van der Waals surface area (Å²) in [6, 6.07) is 11.7. The lowest BCUT2D eigenvalue weighted by molar-refractivity contribution is 0.102. The van der Waals surface area contributed by atoms with Gasteiger partial charge in [0.1, 0.15) is 0 Å². The maximum absolute atomic E-state index is 12.1. The van der Waals surface area contributed by atoms with Crippen molar-refractivity contribution in [1.29, 1.82) is 0 Å². The van der Waals surface area contributed by atoms with Crippen LogP contribution in [0.2, 0.25) is 0 Å². The van der Waals surface area contributed by atoms with Gasteiger partial charge in [-0.1, -0.05) is 11.8 Å². The van der Waals surface area contributed by atoms with Gasteiger partial charge in [0.15, 0.2) is 5.78 Å². The molecule has 0 fully saturated rings. The van der Waals surface area contributed by atoms with Crippen LogP contribution in [0.1, 0.15) is 23.5 Å². The number of carbonyl (C=O) groups is 1. The quantitative estimate of drug-likeness (QED) is 0.338. The SMILES string of the molecule is CCN(CC)c1ccc(-c2nnc(SCC(=O)c3ccc(Br)s3)o2)cc1. The molecule has 136 valence electrons. The van der Waals surface area contributed by atoms with E-state index in [2.05, 4.69) is 57.0 Å². The summed E-state index contributed by atoms with van der Waals surface area (Å²) in [6.07, 6.45) is 0. The van der Waals surface area contributed by atoms with Crippen molar-refractivity contribution in [3.8, 4) is 11.5 Å². The molecule has 0 bridgehead atoms. The molecule has 0 atom stereocenters.